The van der Waals surface area contributed by atoms with Crippen LogP contribution in [0.4, 0.5) is 0 Å². The predicted molar refractivity (Wildman–Crippen MR) is 66.7 cm³/mol. The Morgan fingerprint density at radius 2 is 2.06 bits per heavy atom. The molecule has 3 nitrogen and oxygen atoms in total. The first-order valence-electron chi connectivity index (χ1n) is 5.76. The third-order valence-corrected chi connectivity index (χ3v) is 3.05. The number of ether oxygens (including phenoxy) is 1. The van der Waals surface area contributed by atoms with Crippen LogP contribution in [0.5, 0.6) is 5.88 Å². The Morgan fingerprint density at radius 3 is 2.44 bits per heavy atom. The van der Waals surface area contributed by atoms with Crippen molar-refractivity contribution < 1.29 is 4.74 Å². The van der Waals surface area contributed by atoms with Gasteiger partial charge in [0.05, 0.1) is 7.11 Å². The first kappa shape index (κ1) is 13.0. The quantitative estimate of drug-likeness (QED) is 0.766. The van der Waals surface area contributed by atoms with Crippen molar-refractivity contribution in [3.8, 4) is 5.88 Å². The summed E-state index contributed by atoms with van der Waals surface area (Å²) in [4.78, 5) is 6.52. The van der Waals surface area contributed by atoms with Gasteiger partial charge in [-0.3, -0.25) is 0 Å². The summed E-state index contributed by atoms with van der Waals surface area (Å²) in [6.07, 6.45) is 3.07. The van der Waals surface area contributed by atoms with E-state index < -0.39 is 0 Å². The maximum Gasteiger partial charge on any atom is 0.212 e. The number of nitrogens with zero attached hydrogens (tertiary/aromatic N) is 2. The van der Waals surface area contributed by atoms with Gasteiger partial charge in [0, 0.05) is 18.3 Å². The van der Waals surface area contributed by atoms with E-state index in [-0.39, 0.29) is 0 Å². The summed E-state index contributed by atoms with van der Waals surface area (Å²) in [5.41, 5.74) is 1.25. The smallest absolute Gasteiger partial charge is 0.212 e. The van der Waals surface area contributed by atoms with Crippen molar-refractivity contribution in [2.45, 2.75) is 26.3 Å². The highest BCUT2D eigenvalue weighted by Crippen LogP contribution is 2.28. The zero-order valence-corrected chi connectivity index (χ0v) is 10.9. The molecule has 0 aromatic carbocycles. The van der Waals surface area contributed by atoms with Gasteiger partial charge in [0.15, 0.2) is 0 Å². The molecule has 0 fully saturated rings. The molecular formula is C13H22N2O. The number of rotatable bonds is 5. The fourth-order valence-electron chi connectivity index (χ4n) is 2.05. The van der Waals surface area contributed by atoms with E-state index in [1.165, 1.54) is 5.56 Å². The second-order valence-corrected chi connectivity index (χ2v) is 4.43. The van der Waals surface area contributed by atoms with Gasteiger partial charge in [-0.15, -0.1) is 0 Å². The van der Waals surface area contributed by atoms with Crippen LogP contribution in [-0.4, -0.2) is 31.1 Å². The van der Waals surface area contributed by atoms with Crippen molar-refractivity contribution in [3.05, 3.63) is 23.9 Å². The van der Waals surface area contributed by atoms with Crippen molar-refractivity contribution in [3.63, 3.8) is 0 Å². The number of hydrogen-bond donors (Lipinski definition) is 0. The molecule has 0 N–H and O–H groups in total. The number of methoxy groups -OCH3 is 1. The van der Waals surface area contributed by atoms with Crippen molar-refractivity contribution in [2.24, 2.45) is 5.92 Å². The monoisotopic (exact) mass is 222 g/mol. The lowest BCUT2D eigenvalue weighted by Crippen LogP contribution is -2.25. The Labute approximate surface area is 98.4 Å². The molecule has 16 heavy (non-hydrogen) atoms. The second kappa shape index (κ2) is 5.85. The molecule has 1 aromatic rings. The lowest BCUT2D eigenvalue weighted by molar-refractivity contribution is 0.218. The highest BCUT2D eigenvalue weighted by Gasteiger charge is 2.20. The highest BCUT2D eigenvalue weighted by molar-refractivity contribution is 5.21. The summed E-state index contributed by atoms with van der Waals surface area (Å²) in [7, 11) is 5.86. The molecule has 0 aliphatic heterocycles. The number of pyridine rings is 1. The van der Waals surface area contributed by atoms with Gasteiger partial charge in [-0.05, 0) is 25.6 Å². The highest BCUT2D eigenvalue weighted by atomic mass is 16.5. The molecule has 0 saturated heterocycles. The fraction of sp³-hybridized carbons (Fsp3) is 0.615. The first-order chi connectivity index (χ1) is 7.60. The van der Waals surface area contributed by atoms with Gasteiger partial charge in [-0.1, -0.05) is 26.3 Å². The minimum absolute atomic E-state index is 0.420. The summed E-state index contributed by atoms with van der Waals surface area (Å²) >= 11 is 0. The maximum absolute atomic E-state index is 5.07. The Morgan fingerprint density at radius 1 is 1.38 bits per heavy atom. The van der Waals surface area contributed by atoms with Crippen molar-refractivity contribution in [2.75, 3.05) is 21.2 Å². The fourth-order valence-corrected chi connectivity index (χ4v) is 2.05. The summed E-state index contributed by atoms with van der Waals surface area (Å²) in [6.45, 7) is 4.49. The largest absolute Gasteiger partial charge is 0.481 e. The molecule has 1 aromatic heterocycles. The van der Waals surface area contributed by atoms with E-state index in [1.54, 1.807) is 7.11 Å². The van der Waals surface area contributed by atoms with Crippen LogP contribution in [0.1, 0.15) is 31.9 Å². The van der Waals surface area contributed by atoms with Crippen LogP contribution in [0.25, 0.3) is 0 Å². The molecule has 1 rings (SSSR count). The van der Waals surface area contributed by atoms with Crippen LogP contribution in [-0.2, 0) is 0 Å². The summed E-state index contributed by atoms with van der Waals surface area (Å²) in [5.74, 6) is 1.29. The third-order valence-electron chi connectivity index (χ3n) is 3.05. The lowest BCUT2D eigenvalue weighted by Gasteiger charge is -2.29. The second-order valence-electron chi connectivity index (χ2n) is 4.43. The predicted octanol–water partition coefficient (Wildman–Crippen LogP) is 2.74. The maximum atomic E-state index is 5.07. The molecule has 0 aliphatic carbocycles. The Hall–Kier alpha value is -1.09. The van der Waals surface area contributed by atoms with E-state index in [4.69, 9.17) is 4.74 Å². The molecule has 2 atom stereocenters. The van der Waals surface area contributed by atoms with E-state index in [0.29, 0.717) is 17.8 Å². The Kier molecular flexibility index (Phi) is 4.74. The van der Waals surface area contributed by atoms with Gasteiger partial charge in [0.2, 0.25) is 5.88 Å². The van der Waals surface area contributed by atoms with Gasteiger partial charge in [-0.25, -0.2) is 4.98 Å². The Bertz CT molecular complexity index is 308. The number of hydrogen-bond acceptors (Lipinski definition) is 3. The lowest BCUT2D eigenvalue weighted by atomic mass is 9.93. The molecule has 1 heterocycles. The molecule has 0 aliphatic rings. The standard InChI is InChI=1S/C13H22N2O/c1-6-10(2)13(15(3)4)11-7-8-12(16-5)14-9-11/h7-10,13H,6H2,1-5H3/t10-,13-/m1/s1. The van der Waals surface area contributed by atoms with E-state index in [0.717, 1.165) is 6.42 Å². The molecule has 90 valence electrons. The zero-order valence-electron chi connectivity index (χ0n) is 10.9. The first-order valence-corrected chi connectivity index (χ1v) is 5.76. The molecule has 0 bridgehead atoms. The molecule has 0 saturated carbocycles. The van der Waals surface area contributed by atoms with Gasteiger partial charge < -0.3 is 9.64 Å². The van der Waals surface area contributed by atoms with Crippen LogP contribution < -0.4 is 4.74 Å². The topological polar surface area (TPSA) is 25.4 Å². The van der Waals surface area contributed by atoms with Crippen LogP contribution in [0.3, 0.4) is 0 Å². The SMILES string of the molecule is CC[C@@H](C)[C@H](c1ccc(OC)nc1)N(C)C. The molecule has 0 radical (unpaired) electrons. The zero-order chi connectivity index (χ0) is 12.1. The van der Waals surface area contributed by atoms with Crippen molar-refractivity contribution in [1.29, 1.82) is 0 Å². The van der Waals surface area contributed by atoms with Crippen molar-refractivity contribution >= 4 is 0 Å². The molecule has 3 heteroatoms. The molecule has 0 unspecified atom stereocenters. The van der Waals surface area contributed by atoms with E-state index in [1.807, 2.05) is 12.3 Å². The minimum Gasteiger partial charge on any atom is -0.481 e. The molecule has 0 spiro atoms. The van der Waals surface area contributed by atoms with Crippen LogP contribution in [0.2, 0.25) is 0 Å². The molecular weight excluding hydrogens is 200 g/mol. The van der Waals surface area contributed by atoms with Gasteiger partial charge in [0.1, 0.15) is 0 Å². The van der Waals surface area contributed by atoms with E-state index in [2.05, 4.69) is 43.9 Å². The molecule has 0 amide bonds. The van der Waals surface area contributed by atoms with Crippen LogP contribution in [0, 0.1) is 5.92 Å². The average Bonchev–Trinajstić information content (AvgIpc) is 2.29. The van der Waals surface area contributed by atoms with Gasteiger partial charge in [0.25, 0.3) is 0 Å². The summed E-state index contributed by atoms with van der Waals surface area (Å²) < 4.78 is 5.07. The normalized spacial score (nSPS) is 14.9. The van der Waals surface area contributed by atoms with Crippen molar-refractivity contribution in [1.82, 2.24) is 9.88 Å². The average molecular weight is 222 g/mol. The van der Waals surface area contributed by atoms with Gasteiger partial charge in [-0.2, -0.15) is 0 Å². The van der Waals surface area contributed by atoms with Crippen LogP contribution in [0.15, 0.2) is 18.3 Å². The Balaban J connectivity index is 2.92. The van der Waals surface area contributed by atoms with E-state index in [9.17, 15) is 0 Å². The van der Waals surface area contributed by atoms with Crippen LogP contribution >= 0.6 is 0 Å². The summed E-state index contributed by atoms with van der Waals surface area (Å²) in [5, 5.41) is 0. The summed E-state index contributed by atoms with van der Waals surface area (Å²) in [6, 6.07) is 4.44. The minimum atomic E-state index is 0.420. The third kappa shape index (κ3) is 2.95. The van der Waals surface area contributed by atoms with Gasteiger partial charge >= 0.3 is 0 Å². The van der Waals surface area contributed by atoms with E-state index >= 15 is 0 Å². The number of aromatic nitrogens is 1.